The predicted octanol–water partition coefficient (Wildman–Crippen LogP) is 1.59. The van der Waals surface area contributed by atoms with Crippen LogP contribution in [0.4, 0.5) is 0 Å². The molecule has 0 saturated carbocycles. The van der Waals surface area contributed by atoms with Crippen LogP contribution in [0, 0.1) is 0 Å². The van der Waals surface area contributed by atoms with Gasteiger partial charge in [-0.05, 0) is 20.4 Å². The van der Waals surface area contributed by atoms with Crippen LogP contribution in [0.1, 0.15) is 13.3 Å². The van der Waals surface area contributed by atoms with E-state index < -0.39 is 0 Å². The van der Waals surface area contributed by atoms with E-state index in [9.17, 15) is 0 Å². The molecule has 1 saturated heterocycles. The molecule has 2 atom stereocenters. The normalized spacial score (nSPS) is 28.1. The van der Waals surface area contributed by atoms with Gasteiger partial charge >= 0.3 is 0 Å². The van der Waals surface area contributed by atoms with E-state index >= 15 is 0 Å². The van der Waals surface area contributed by atoms with Crippen LogP contribution >= 0.6 is 11.8 Å². The zero-order valence-corrected chi connectivity index (χ0v) is 10.1. The van der Waals surface area contributed by atoms with Gasteiger partial charge in [0.1, 0.15) is 0 Å². The van der Waals surface area contributed by atoms with E-state index in [2.05, 4.69) is 30.8 Å². The minimum atomic E-state index is 0.708. The minimum Gasteiger partial charge on any atom is -0.312 e. The number of nitrogens with one attached hydrogen (secondary N) is 1. The summed E-state index contributed by atoms with van der Waals surface area (Å²) in [6.07, 6.45) is 3.26. The fourth-order valence-electron chi connectivity index (χ4n) is 1.84. The Morgan fingerprint density at radius 1 is 1.64 bits per heavy atom. The van der Waals surface area contributed by atoms with Crippen molar-refractivity contribution in [2.75, 3.05) is 31.6 Å². The second-order valence-corrected chi connectivity index (χ2v) is 5.19. The highest BCUT2D eigenvalue weighted by atomic mass is 32.2. The first kappa shape index (κ1) is 12.1. The van der Waals surface area contributed by atoms with E-state index in [1.54, 1.807) is 0 Å². The topological polar surface area (TPSA) is 15.3 Å². The third-order valence-electron chi connectivity index (χ3n) is 2.80. The van der Waals surface area contributed by atoms with Crippen LogP contribution in [0.5, 0.6) is 0 Å². The van der Waals surface area contributed by atoms with Crippen LogP contribution in [0.2, 0.25) is 0 Å². The van der Waals surface area contributed by atoms with Crippen molar-refractivity contribution in [2.24, 2.45) is 0 Å². The van der Waals surface area contributed by atoms with Crippen LogP contribution < -0.4 is 5.32 Å². The van der Waals surface area contributed by atoms with Gasteiger partial charge in [0.15, 0.2) is 0 Å². The first-order valence-corrected chi connectivity index (χ1v) is 6.51. The lowest BCUT2D eigenvalue weighted by Gasteiger charge is -2.13. The van der Waals surface area contributed by atoms with Crippen molar-refractivity contribution in [3.8, 4) is 0 Å². The summed E-state index contributed by atoms with van der Waals surface area (Å²) in [5.41, 5.74) is 0. The van der Waals surface area contributed by atoms with Crippen molar-refractivity contribution < 1.29 is 0 Å². The zero-order valence-electron chi connectivity index (χ0n) is 9.33. The van der Waals surface area contributed by atoms with Gasteiger partial charge in [0.25, 0.3) is 0 Å². The quantitative estimate of drug-likeness (QED) is 0.534. The Kier molecular flexibility index (Phi) is 5.60. The maximum absolute atomic E-state index is 3.71. The largest absolute Gasteiger partial charge is 0.312 e. The van der Waals surface area contributed by atoms with E-state index in [-0.39, 0.29) is 0 Å². The number of rotatable bonds is 6. The fraction of sp³-hybridized carbons (Fsp3) is 0.818. The van der Waals surface area contributed by atoms with Crippen LogP contribution in [-0.4, -0.2) is 48.6 Å². The van der Waals surface area contributed by atoms with Crippen molar-refractivity contribution in [1.29, 1.82) is 0 Å². The van der Waals surface area contributed by atoms with Crippen molar-refractivity contribution in [2.45, 2.75) is 25.4 Å². The summed E-state index contributed by atoms with van der Waals surface area (Å²) in [5, 5.41) is 3.60. The first-order valence-electron chi connectivity index (χ1n) is 5.36. The minimum absolute atomic E-state index is 0.708. The zero-order chi connectivity index (χ0) is 10.4. The monoisotopic (exact) mass is 214 g/mol. The molecule has 1 aliphatic rings. The van der Waals surface area contributed by atoms with Crippen LogP contribution in [0.3, 0.4) is 0 Å². The molecule has 2 nitrogen and oxygen atoms in total. The average Bonchev–Trinajstić information content (AvgIpc) is 2.46. The third-order valence-corrected chi connectivity index (χ3v) is 3.77. The van der Waals surface area contributed by atoms with E-state index in [4.69, 9.17) is 0 Å². The molecule has 1 aliphatic heterocycles. The van der Waals surface area contributed by atoms with Gasteiger partial charge in [-0.1, -0.05) is 6.08 Å². The molecular formula is C11H22N2S. The van der Waals surface area contributed by atoms with Crippen LogP contribution in [-0.2, 0) is 0 Å². The summed E-state index contributed by atoms with van der Waals surface area (Å²) in [4.78, 5) is 2.43. The van der Waals surface area contributed by atoms with E-state index in [0.29, 0.717) is 6.04 Å². The van der Waals surface area contributed by atoms with E-state index in [1.807, 2.05) is 17.8 Å². The maximum atomic E-state index is 3.71. The number of hydrogen-bond acceptors (Lipinski definition) is 3. The lowest BCUT2D eigenvalue weighted by atomic mass is 10.2. The van der Waals surface area contributed by atoms with Gasteiger partial charge in [-0.15, -0.1) is 6.58 Å². The van der Waals surface area contributed by atoms with Gasteiger partial charge in [0.05, 0.1) is 0 Å². The molecule has 1 N–H and O–H groups in total. The molecule has 0 bridgehead atoms. The number of likely N-dealkylation sites (tertiary alicyclic amines) is 1. The lowest BCUT2D eigenvalue weighted by Crippen LogP contribution is -2.33. The molecule has 1 heterocycles. The lowest BCUT2D eigenvalue weighted by molar-refractivity contribution is 0.327. The van der Waals surface area contributed by atoms with Crippen LogP contribution in [0.15, 0.2) is 12.7 Å². The Labute approximate surface area is 92.1 Å². The molecule has 1 rings (SSSR count). The highest BCUT2D eigenvalue weighted by molar-refractivity contribution is 7.99. The van der Waals surface area contributed by atoms with Gasteiger partial charge in [-0.25, -0.2) is 0 Å². The van der Waals surface area contributed by atoms with Crippen molar-refractivity contribution >= 4 is 11.8 Å². The molecule has 0 spiro atoms. The first-order chi connectivity index (χ1) is 6.74. The molecule has 0 aromatic heterocycles. The van der Waals surface area contributed by atoms with Crippen molar-refractivity contribution in [1.82, 2.24) is 10.2 Å². The molecule has 0 aromatic rings. The number of hydrogen-bond donors (Lipinski definition) is 1. The summed E-state index contributed by atoms with van der Waals surface area (Å²) in [5.74, 6) is 2.27. The second-order valence-electron chi connectivity index (χ2n) is 4.04. The maximum Gasteiger partial charge on any atom is 0.0210 e. The fourth-order valence-corrected chi connectivity index (χ4v) is 2.44. The molecule has 0 amide bonds. The Morgan fingerprint density at radius 2 is 2.43 bits per heavy atom. The SMILES string of the molecule is C=CCSCCNC1CC(C)N(C)C1. The highest BCUT2D eigenvalue weighted by Gasteiger charge is 2.24. The average molecular weight is 214 g/mol. The number of likely N-dealkylation sites (N-methyl/N-ethyl adjacent to an activating group) is 1. The van der Waals surface area contributed by atoms with Gasteiger partial charge in [-0.2, -0.15) is 11.8 Å². The summed E-state index contributed by atoms with van der Waals surface area (Å²) in [6, 6.07) is 1.45. The summed E-state index contributed by atoms with van der Waals surface area (Å²) in [7, 11) is 2.21. The predicted molar refractivity (Wildman–Crippen MR) is 66.0 cm³/mol. The Bertz CT molecular complexity index is 163. The Hall–Kier alpha value is 0.01000. The summed E-state index contributed by atoms with van der Waals surface area (Å²) in [6.45, 7) is 8.34. The third kappa shape index (κ3) is 4.03. The molecule has 2 unspecified atom stereocenters. The van der Waals surface area contributed by atoms with Crippen molar-refractivity contribution in [3.63, 3.8) is 0 Å². The number of nitrogens with zero attached hydrogens (tertiary/aromatic N) is 1. The van der Waals surface area contributed by atoms with Crippen LogP contribution in [0.25, 0.3) is 0 Å². The molecule has 3 heteroatoms. The molecular weight excluding hydrogens is 192 g/mol. The molecule has 1 fully saturated rings. The summed E-state index contributed by atoms with van der Waals surface area (Å²) >= 11 is 1.94. The smallest absolute Gasteiger partial charge is 0.0210 e. The Balaban J connectivity index is 2.00. The summed E-state index contributed by atoms with van der Waals surface area (Å²) < 4.78 is 0. The van der Waals surface area contributed by atoms with Gasteiger partial charge < -0.3 is 10.2 Å². The molecule has 0 radical (unpaired) electrons. The standard InChI is InChI=1S/C11H22N2S/c1-4-6-14-7-5-12-11-8-10(2)13(3)9-11/h4,10-12H,1,5-9H2,2-3H3. The van der Waals surface area contributed by atoms with Crippen molar-refractivity contribution in [3.05, 3.63) is 12.7 Å². The second kappa shape index (κ2) is 6.49. The molecule has 0 aliphatic carbocycles. The molecule has 82 valence electrons. The Morgan fingerprint density at radius 3 is 3.00 bits per heavy atom. The van der Waals surface area contributed by atoms with Gasteiger partial charge in [0, 0.05) is 36.7 Å². The van der Waals surface area contributed by atoms with Gasteiger partial charge in [0.2, 0.25) is 0 Å². The van der Waals surface area contributed by atoms with E-state index in [1.165, 1.54) is 18.7 Å². The van der Waals surface area contributed by atoms with E-state index in [0.717, 1.165) is 18.3 Å². The molecule has 0 aromatic carbocycles. The molecule has 14 heavy (non-hydrogen) atoms. The highest BCUT2D eigenvalue weighted by Crippen LogP contribution is 2.14. The van der Waals surface area contributed by atoms with Gasteiger partial charge in [-0.3, -0.25) is 0 Å². The number of thioether (sulfide) groups is 1.